The second-order valence-corrected chi connectivity index (χ2v) is 10.7. The Labute approximate surface area is 227 Å². The zero-order chi connectivity index (χ0) is 27.7. The largest absolute Gasteiger partial charge is 0.492 e. The number of ether oxygens (including phenoxy) is 1. The fourth-order valence-corrected chi connectivity index (χ4v) is 5.29. The van der Waals surface area contributed by atoms with E-state index in [9.17, 15) is 9.59 Å². The Morgan fingerprint density at radius 2 is 1.85 bits per heavy atom. The molecule has 2 aliphatic rings. The minimum Gasteiger partial charge on any atom is -0.492 e. The summed E-state index contributed by atoms with van der Waals surface area (Å²) in [6.45, 7) is 8.01. The number of hydrogen-bond acceptors (Lipinski definition) is 6. The van der Waals surface area contributed by atoms with E-state index in [-0.39, 0.29) is 29.2 Å². The van der Waals surface area contributed by atoms with Gasteiger partial charge >= 0.3 is 0 Å². The van der Waals surface area contributed by atoms with Crippen LogP contribution in [-0.4, -0.2) is 44.2 Å². The van der Waals surface area contributed by atoms with E-state index in [0.717, 1.165) is 25.7 Å². The van der Waals surface area contributed by atoms with Crippen molar-refractivity contribution in [2.45, 2.75) is 65.5 Å². The molecule has 3 aromatic heterocycles. The fraction of sp³-hybridized carbons (Fsp3) is 0.483. The van der Waals surface area contributed by atoms with E-state index in [1.165, 1.54) is 0 Å². The highest BCUT2D eigenvalue weighted by atomic mass is 19.1. The summed E-state index contributed by atoms with van der Waals surface area (Å²) >= 11 is 0. The third-order valence-electron chi connectivity index (χ3n) is 7.44. The molecule has 0 spiro atoms. The lowest BCUT2D eigenvalue weighted by molar-refractivity contribution is -0.119. The van der Waals surface area contributed by atoms with Crippen LogP contribution in [0.1, 0.15) is 68.7 Å². The first-order valence-electron chi connectivity index (χ1n) is 13.7. The predicted molar refractivity (Wildman–Crippen MR) is 145 cm³/mol. The first kappa shape index (κ1) is 26.8. The van der Waals surface area contributed by atoms with Gasteiger partial charge in [0.25, 0.3) is 5.91 Å². The maximum absolute atomic E-state index is 15.2. The van der Waals surface area contributed by atoms with Crippen LogP contribution in [0.2, 0.25) is 0 Å². The summed E-state index contributed by atoms with van der Waals surface area (Å²) in [5, 5.41) is 10.0. The van der Waals surface area contributed by atoms with Gasteiger partial charge in [-0.2, -0.15) is 9.49 Å². The van der Waals surface area contributed by atoms with Crippen molar-refractivity contribution in [1.29, 1.82) is 0 Å². The molecular weight excluding hydrogens is 499 g/mol. The van der Waals surface area contributed by atoms with Crippen LogP contribution in [-0.2, 0) is 4.79 Å². The van der Waals surface area contributed by atoms with E-state index in [2.05, 4.69) is 25.7 Å². The van der Waals surface area contributed by atoms with Crippen molar-refractivity contribution in [3.63, 3.8) is 0 Å². The van der Waals surface area contributed by atoms with Crippen LogP contribution in [0.25, 0.3) is 11.1 Å². The molecule has 2 N–H and O–H groups in total. The number of carbonyl (C=O) groups is 2. The van der Waals surface area contributed by atoms with E-state index in [0.29, 0.717) is 41.1 Å². The van der Waals surface area contributed by atoms with Crippen LogP contribution in [0.5, 0.6) is 5.75 Å². The van der Waals surface area contributed by atoms with Gasteiger partial charge in [0.15, 0.2) is 0 Å². The van der Waals surface area contributed by atoms with Gasteiger partial charge in [-0.25, -0.2) is 4.98 Å². The first-order valence-corrected chi connectivity index (χ1v) is 13.7. The van der Waals surface area contributed by atoms with Crippen molar-refractivity contribution >= 4 is 17.6 Å². The molecule has 39 heavy (non-hydrogen) atoms. The van der Waals surface area contributed by atoms with E-state index >= 15 is 4.39 Å². The van der Waals surface area contributed by atoms with Crippen molar-refractivity contribution in [2.24, 2.45) is 17.8 Å². The average molecular weight is 535 g/mol. The summed E-state index contributed by atoms with van der Waals surface area (Å²) in [6, 6.07) is 5.76. The minimum absolute atomic E-state index is 0.00515. The molecule has 0 saturated heterocycles. The number of amides is 2. The molecule has 1 atom stereocenters. The number of aromatic nitrogens is 4. The number of carbonyl (C=O) groups excluding carboxylic acids is 2. The van der Waals surface area contributed by atoms with Gasteiger partial charge in [-0.15, -0.1) is 0 Å². The number of halogens is 1. The standard InChI is InChI=1S/C29H35FN6O3/c1-5-39-20-14-22(17(4)31-15-20)21-10-11-24(33-27(21)30)34-29(38)26(25(18-6-7-18)19-8-9-19)35-28(37)23-12-13-32-36(23)16(2)3/h10-16,18-19,25-26H,5-9H2,1-4H3,(H,35,37)(H,33,34,38)/t26-/m0/s1. The van der Waals surface area contributed by atoms with E-state index in [1.54, 1.807) is 48.3 Å². The van der Waals surface area contributed by atoms with Crippen LogP contribution in [0.15, 0.2) is 36.7 Å². The molecule has 2 fully saturated rings. The average Bonchev–Trinajstić information content (AvgIpc) is 3.84. The molecule has 0 radical (unpaired) electrons. The quantitative estimate of drug-likeness (QED) is 0.337. The van der Waals surface area contributed by atoms with Crippen LogP contribution in [0.4, 0.5) is 10.2 Å². The number of nitrogens with zero attached hydrogens (tertiary/aromatic N) is 4. The molecule has 3 aromatic rings. The van der Waals surface area contributed by atoms with Crippen molar-refractivity contribution < 1.29 is 18.7 Å². The Morgan fingerprint density at radius 3 is 2.46 bits per heavy atom. The molecule has 2 amide bonds. The highest BCUT2D eigenvalue weighted by molar-refractivity contribution is 6.00. The Bertz CT molecular complexity index is 1350. The number of rotatable bonds is 11. The van der Waals surface area contributed by atoms with Gasteiger partial charge in [-0.1, -0.05) is 0 Å². The van der Waals surface area contributed by atoms with Crippen molar-refractivity contribution in [2.75, 3.05) is 11.9 Å². The molecule has 2 saturated carbocycles. The van der Waals surface area contributed by atoms with Gasteiger partial charge < -0.3 is 15.4 Å². The van der Waals surface area contributed by atoms with E-state index in [4.69, 9.17) is 4.74 Å². The van der Waals surface area contributed by atoms with Crippen molar-refractivity contribution in [1.82, 2.24) is 25.1 Å². The van der Waals surface area contributed by atoms with E-state index in [1.807, 2.05) is 20.8 Å². The predicted octanol–water partition coefficient (Wildman–Crippen LogP) is 4.94. The molecule has 2 aliphatic carbocycles. The van der Waals surface area contributed by atoms with Crippen LogP contribution in [0, 0.1) is 30.6 Å². The van der Waals surface area contributed by atoms with Gasteiger partial charge in [-0.05, 0) is 95.4 Å². The SMILES string of the molecule is CCOc1cnc(C)c(-c2ccc(NC(=O)[C@@H](NC(=O)c3ccnn3C(C)C)C(C3CC3)C3CC3)nc2F)c1. The van der Waals surface area contributed by atoms with Crippen LogP contribution >= 0.6 is 0 Å². The summed E-state index contributed by atoms with van der Waals surface area (Å²) in [5.41, 5.74) is 1.87. The Kier molecular flexibility index (Phi) is 7.63. The Balaban J connectivity index is 1.38. The summed E-state index contributed by atoms with van der Waals surface area (Å²) < 4.78 is 22.4. The smallest absolute Gasteiger partial charge is 0.270 e. The van der Waals surface area contributed by atoms with Gasteiger partial charge in [0.2, 0.25) is 11.9 Å². The molecular formula is C29H35FN6O3. The van der Waals surface area contributed by atoms with Gasteiger partial charge in [0.05, 0.1) is 12.8 Å². The molecule has 10 heteroatoms. The fourth-order valence-electron chi connectivity index (χ4n) is 5.29. The second kappa shape index (κ2) is 11.1. The lowest BCUT2D eigenvalue weighted by Gasteiger charge is -2.27. The molecule has 206 valence electrons. The van der Waals surface area contributed by atoms with Gasteiger partial charge in [-0.3, -0.25) is 19.3 Å². The molecule has 0 aliphatic heterocycles. The second-order valence-electron chi connectivity index (χ2n) is 10.7. The Morgan fingerprint density at radius 1 is 1.13 bits per heavy atom. The molecule has 9 nitrogen and oxygen atoms in total. The van der Waals surface area contributed by atoms with Crippen LogP contribution < -0.4 is 15.4 Å². The Hall–Kier alpha value is -3.82. The maximum atomic E-state index is 15.2. The molecule has 0 bridgehead atoms. The highest BCUT2D eigenvalue weighted by Gasteiger charge is 2.48. The number of pyridine rings is 2. The maximum Gasteiger partial charge on any atom is 0.270 e. The monoisotopic (exact) mass is 534 g/mol. The molecule has 0 aromatic carbocycles. The topological polar surface area (TPSA) is 111 Å². The third kappa shape index (κ3) is 5.94. The first-order chi connectivity index (χ1) is 18.8. The summed E-state index contributed by atoms with van der Waals surface area (Å²) in [4.78, 5) is 35.3. The third-order valence-corrected chi connectivity index (χ3v) is 7.44. The van der Waals surface area contributed by atoms with Gasteiger partial charge in [0, 0.05) is 29.1 Å². The van der Waals surface area contributed by atoms with Crippen molar-refractivity contribution in [3.05, 3.63) is 54.0 Å². The molecule has 0 unspecified atom stereocenters. The minimum atomic E-state index is -0.758. The summed E-state index contributed by atoms with van der Waals surface area (Å²) in [7, 11) is 0. The van der Waals surface area contributed by atoms with Gasteiger partial charge in [0.1, 0.15) is 23.3 Å². The lowest BCUT2D eigenvalue weighted by atomic mass is 9.88. The number of anilines is 1. The number of hydrogen-bond donors (Lipinski definition) is 2. The zero-order valence-corrected chi connectivity index (χ0v) is 22.8. The summed E-state index contributed by atoms with van der Waals surface area (Å²) in [6.07, 6.45) is 7.35. The highest BCUT2D eigenvalue weighted by Crippen LogP contribution is 2.51. The van der Waals surface area contributed by atoms with Crippen molar-refractivity contribution in [3.8, 4) is 16.9 Å². The molecule has 5 rings (SSSR count). The lowest BCUT2D eigenvalue weighted by Crippen LogP contribution is -2.50. The zero-order valence-electron chi connectivity index (χ0n) is 22.8. The summed E-state index contributed by atoms with van der Waals surface area (Å²) in [5.74, 6) is -0.0225. The number of aryl methyl sites for hydroxylation is 1. The number of nitrogens with one attached hydrogen (secondary N) is 2. The normalized spacial score (nSPS) is 15.9. The van der Waals surface area contributed by atoms with Crippen LogP contribution in [0.3, 0.4) is 0 Å². The van der Waals surface area contributed by atoms with E-state index < -0.39 is 17.9 Å². The molecule has 3 heterocycles.